The number of benzene rings is 1. The van der Waals surface area contributed by atoms with Gasteiger partial charge < -0.3 is 15.5 Å². The summed E-state index contributed by atoms with van der Waals surface area (Å²) in [6, 6.07) is 6.55. The fourth-order valence-electron chi connectivity index (χ4n) is 2.46. The van der Waals surface area contributed by atoms with Gasteiger partial charge in [-0.3, -0.25) is 9.59 Å². The molecule has 2 heterocycles. The lowest BCUT2D eigenvalue weighted by atomic mass is 10.1. The van der Waals surface area contributed by atoms with E-state index in [9.17, 15) is 9.59 Å². The van der Waals surface area contributed by atoms with Crippen LogP contribution in [0.2, 0.25) is 0 Å². The number of hydrogen-bond donors (Lipinski definition) is 1. The Morgan fingerprint density at radius 3 is 2.50 bits per heavy atom. The van der Waals surface area contributed by atoms with Crippen molar-refractivity contribution < 1.29 is 9.59 Å². The molecule has 7 heteroatoms. The summed E-state index contributed by atoms with van der Waals surface area (Å²) < 4.78 is 0. The maximum absolute atomic E-state index is 12.5. The third-order valence-electron chi connectivity index (χ3n) is 3.65. The average Bonchev–Trinajstić information content (AvgIpc) is 3.09. The number of carbonyl (C=O) groups is 2. The Morgan fingerprint density at radius 2 is 1.86 bits per heavy atom. The highest BCUT2D eigenvalue weighted by atomic mass is 32.1. The van der Waals surface area contributed by atoms with E-state index in [1.54, 1.807) is 46.7 Å². The molecule has 0 aliphatic carbocycles. The molecule has 3 rings (SSSR count). The number of amides is 2. The van der Waals surface area contributed by atoms with Crippen molar-refractivity contribution in [2.24, 2.45) is 5.73 Å². The lowest BCUT2D eigenvalue weighted by molar-refractivity contribution is 0.0747. The standard InChI is InChI=1S/C15H16N4O2S/c16-13(20)11-2-1-3-12(10-11)14(21)18-5-7-19(8-6-18)15-17-4-9-22-15/h1-4,9-10H,5-8H2,(H2,16,20). The molecule has 1 fully saturated rings. The number of rotatable bonds is 3. The van der Waals surface area contributed by atoms with Gasteiger partial charge in [0.25, 0.3) is 5.91 Å². The van der Waals surface area contributed by atoms with Crippen LogP contribution in [0.1, 0.15) is 20.7 Å². The summed E-state index contributed by atoms with van der Waals surface area (Å²) in [6.07, 6.45) is 1.78. The van der Waals surface area contributed by atoms with E-state index < -0.39 is 5.91 Å². The predicted octanol–water partition coefficient (Wildman–Crippen LogP) is 1.20. The Morgan fingerprint density at radius 1 is 1.14 bits per heavy atom. The van der Waals surface area contributed by atoms with Gasteiger partial charge in [0.15, 0.2) is 5.13 Å². The SMILES string of the molecule is NC(=O)c1cccc(C(=O)N2CCN(c3nccs3)CC2)c1. The zero-order valence-electron chi connectivity index (χ0n) is 11.9. The van der Waals surface area contributed by atoms with Gasteiger partial charge in [-0.05, 0) is 18.2 Å². The number of hydrogen-bond acceptors (Lipinski definition) is 5. The first-order valence-electron chi connectivity index (χ1n) is 6.99. The summed E-state index contributed by atoms with van der Waals surface area (Å²) in [6.45, 7) is 2.79. The quantitative estimate of drug-likeness (QED) is 0.923. The molecule has 0 spiro atoms. The Labute approximate surface area is 132 Å². The van der Waals surface area contributed by atoms with Crippen molar-refractivity contribution in [2.45, 2.75) is 0 Å². The highest BCUT2D eigenvalue weighted by molar-refractivity contribution is 7.13. The predicted molar refractivity (Wildman–Crippen MR) is 85.2 cm³/mol. The number of thiazole rings is 1. The summed E-state index contributed by atoms with van der Waals surface area (Å²) >= 11 is 1.60. The van der Waals surface area contributed by atoms with Crippen LogP contribution in [0.3, 0.4) is 0 Å². The second-order valence-electron chi connectivity index (χ2n) is 5.04. The third kappa shape index (κ3) is 2.94. The van der Waals surface area contributed by atoms with Crippen molar-refractivity contribution in [3.63, 3.8) is 0 Å². The van der Waals surface area contributed by atoms with E-state index >= 15 is 0 Å². The molecule has 2 amide bonds. The molecule has 0 saturated carbocycles. The molecular formula is C15H16N4O2S. The molecule has 1 aliphatic heterocycles. The monoisotopic (exact) mass is 316 g/mol. The van der Waals surface area contributed by atoms with Crippen molar-refractivity contribution in [2.75, 3.05) is 31.1 Å². The number of nitrogens with zero attached hydrogens (tertiary/aromatic N) is 3. The third-order valence-corrected chi connectivity index (χ3v) is 4.48. The first kappa shape index (κ1) is 14.5. The molecule has 1 saturated heterocycles. The topological polar surface area (TPSA) is 79.5 Å². The number of primary amides is 1. The molecule has 114 valence electrons. The largest absolute Gasteiger partial charge is 0.366 e. The van der Waals surface area contributed by atoms with E-state index in [1.807, 2.05) is 5.38 Å². The van der Waals surface area contributed by atoms with E-state index in [1.165, 1.54) is 0 Å². The van der Waals surface area contributed by atoms with E-state index in [-0.39, 0.29) is 5.91 Å². The van der Waals surface area contributed by atoms with Gasteiger partial charge in [-0.15, -0.1) is 11.3 Å². The molecular weight excluding hydrogens is 300 g/mol. The van der Waals surface area contributed by atoms with Gasteiger partial charge in [-0.1, -0.05) is 6.07 Å². The van der Waals surface area contributed by atoms with Crippen LogP contribution in [-0.2, 0) is 0 Å². The van der Waals surface area contributed by atoms with Crippen LogP contribution >= 0.6 is 11.3 Å². The van der Waals surface area contributed by atoms with Gasteiger partial charge in [0.05, 0.1) is 0 Å². The van der Waals surface area contributed by atoms with Crippen molar-refractivity contribution in [3.05, 3.63) is 47.0 Å². The highest BCUT2D eigenvalue weighted by Crippen LogP contribution is 2.19. The molecule has 1 aliphatic rings. The van der Waals surface area contributed by atoms with Gasteiger partial charge in [0, 0.05) is 48.9 Å². The maximum atomic E-state index is 12.5. The molecule has 0 atom stereocenters. The van der Waals surface area contributed by atoms with E-state index in [0.29, 0.717) is 24.2 Å². The second-order valence-corrected chi connectivity index (χ2v) is 5.91. The first-order chi connectivity index (χ1) is 10.6. The van der Waals surface area contributed by atoms with Crippen LogP contribution in [0.5, 0.6) is 0 Å². The van der Waals surface area contributed by atoms with Gasteiger partial charge >= 0.3 is 0 Å². The normalized spacial score (nSPS) is 14.9. The van der Waals surface area contributed by atoms with Crippen LogP contribution in [-0.4, -0.2) is 47.9 Å². The highest BCUT2D eigenvalue weighted by Gasteiger charge is 2.23. The molecule has 6 nitrogen and oxygen atoms in total. The average molecular weight is 316 g/mol. The minimum Gasteiger partial charge on any atom is -0.366 e. The Bertz CT molecular complexity index is 679. The minimum absolute atomic E-state index is 0.0677. The molecule has 1 aromatic carbocycles. The number of aromatic nitrogens is 1. The number of anilines is 1. The van der Waals surface area contributed by atoms with E-state index in [0.717, 1.165) is 18.2 Å². The first-order valence-corrected chi connectivity index (χ1v) is 7.87. The lowest BCUT2D eigenvalue weighted by Gasteiger charge is -2.34. The van der Waals surface area contributed by atoms with Gasteiger partial charge in [0.1, 0.15) is 0 Å². The smallest absolute Gasteiger partial charge is 0.253 e. The fraction of sp³-hybridized carbons (Fsp3) is 0.267. The summed E-state index contributed by atoms with van der Waals surface area (Å²) in [7, 11) is 0. The van der Waals surface area contributed by atoms with Gasteiger partial charge in [-0.25, -0.2) is 4.98 Å². The summed E-state index contributed by atoms with van der Waals surface area (Å²) in [5.74, 6) is -0.592. The lowest BCUT2D eigenvalue weighted by Crippen LogP contribution is -2.48. The molecule has 2 N–H and O–H groups in total. The zero-order chi connectivity index (χ0) is 15.5. The van der Waals surface area contributed by atoms with E-state index in [4.69, 9.17) is 5.73 Å². The minimum atomic E-state index is -0.525. The van der Waals surface area contributed by atoms with Crippen molar-refractivity contribution in [1.82, 2.24) is 9.88 Å². The molecule has 0 radical (unpaired) electrons. The van der Waals surface area contributed by atoms with Gasteiger partial charge in [-0.2, -0.15) is 0 Å². The van der Waals surface area contributed by atoms with Crippen LogP contribution in [0.4, 0.5) is 5.13 Å². The van der Waals surface area contributed by atoms with Crippen molar-refractivity contribution in [3.8, 4) is 0 Å². The summed E-state index contributed by atoms with van der Waals surface area (Å²) in [5.41, 5.74) is 6.11. The van der Waals surface area contributed by atoms with Crippen LogP contribution < -0.4 is 10.6 Å². The Hall–Kier alpha value is -2.41. The number of piperazine rings is 1. The molecule has 2 aromatic rings. The molecule has 1 aromatic heterocycles. The van der Waals surface area contributed by atoms with E-state index in [2.05, 4.69) is 9.88 Å². The summed E-state index contributed by atoms with van der Waals surface area (Å²) in [5, 5.41) is 2.94. The molecule has 0 unspecified atom stereocenters. The van der Waals surface area contributed by atoms with Crippen molar-refractivity contribution >= 4 is 28.3 Å². The summed E-state index contributed by atoms with van der Waals surface area (Å²) in [4.78, 5) is 32.0. The van der Waals surface area contributed by atoms with Crippen molar-refractivity contribution in [1.29, 1.82) is 0 Å². The Kier molecular flexibility index (Phi) is 4.06. The molecule has 0 bridgehead atoms. The van der Waals surface area contributed by atoms with Crippen LogP contribution in [0.25, 0.3) is 0 Å². The van der Waals surface area contributed by atoms with Gasteiger partial charge in [0.2, 0.25) is 5.91 Å². The second kappa shape index (κ2) is 6.15. The van der Waals surface area contributed by atoms with Crippen LogP contribution in [0.15, 0.2) is 35.8 Å². The number of carbonyl (C=O) groups excluding carboxylic acids is 2. The Balaban J connectivity index is 1.67. The zero-order valence-corrected chi connectivity index (χ0v) is 12.8. The number of nitrogens with two attached hydrogens (primary N) is 1. The fourth-order valence-corrected chi connectivity index (χ4v) is 3.16. The molecule has 22 heavy (non-hydrogen) atoms. The maximum Gasteiger partial charge on any atom is 0.253 e. The van der Waals surface area contributed by atoms with Crippen LogP contribution in [0, 0.1) is 0 Å².